The van der Waals surface area contributed by atoms with Crippen molar-refractivity contribution in [2.75, 3.05) is 17.6 Å². The Kier molecular flexibility index (Phi) is 4.07. The van der Waals surface area contributed by atoms with E-state index in [-0.39, 0.29) is 18.1 Å². The summed E-state index contributed by atoms with van der Waals surface area (Å²) in [5.74, 6) is 2.15. The Morgan fingerprint density at radius 1 is 1.18 bits per heavy atom. The molecule has 0 bridgehead atoms. The summed E-state index contributed by atoms with van der Waals surface area (Å²) in [7, 11) is 0. The molecule has 0 amide bonds. The number of hydrogen-bond acceptors (Lipinski definition) is 8. The van der Waals surface area contributed by atoms with Gasteiger partial charge in [0, 0.05) is 30.1 Å². The van der Waals surface area contributed by atoms with Crippen molar-refractivity contribution in [3.63, 3.8) is 0 Å². The Labute approximate surface area is 189 Å². The molecule has 168 valence electrons. The zero-order valence-electron chi connectivity index (χ0n) is 17.9. The highest BCUT2D eigenvalue weighted by Crippen LogP contribution is 2.45. The van der Waals surface area contributed by atoms with Crippen LogP contribution >= 0.6 is 0 Å². The Bertz CT molecular complexity index is 1390. The van der Waals surface area contributed by atoms with E-state index in [4.69, 9.17) is 20.2 Å². The fourth-order valence-electron chi connectivity index (χ4n) is 5.62. The van der Waals surface area contributed by atoms with Crippen LogP contribution in [0.3, 0.4) is 0 Å². The number of aliphatic hydroxyl groups excluding tert-OH is 1. The molecule has 1 unspecified atom stereocenters. The zero-order chi connectivity index (χ0) is 22.1. The predicted molar refractivity (Wildman–Crippen MR) is 123 cm³/mol. The molecule has 2 fully saturated rings. The predicted octanol–water partition coefficient (Wildman–Crippen LogP) is 2.65. The minimum Gasteiger partial charge on any atom is -0.488 e. The van der Waals surface area contributed by atoms with Crippen molar-refractivity contribution >= 4 is 33.6 Å². The van der Waals surface area contributed by atoms with Crippen molar-refractivity contribution in [1.82, 2.24) is 19.5 Å². The molecule has 1 saturated heterocycles. The largest absolute Gasteiger partial charge is 0.488 e. The van der Waals surface area contributed by atoms with Gasteiger partial charge in [-0.15, -0.1) is 0 Å². The van der Waals surface area contributed by atoms with Gasteiger partial charge in [0.1, 0.15) is 47.7 Å². The molecule has 9 heteroatoms. The molecule has 3 aromatic heterocycles. The van der Waals surface area contributed by atoms with Crippen molar-refractivity contribution in [2.24, 2.45) is 5.92 Å². The second-order valence-electron chi connectivity index (χ2n) is 9.13. The molecule has 0 radical (unpaired) electrons. The number of ether oxygens (including phenoxy) is 2. The number of nitrogens with zero attached hydrogens (tertiary/aromatic N) is 4. The smallest absolute Gasteiger partial charge is 0.162 e. The lowest BCUT2D eigenvalue weighted by Gasteiger charge is -2.22. The Balaban J connectivity index is 1.15. The fourth-order valence-corrected chi connectivity index (χ4v) is 5.62. The van der Waals surface area contributed by atoms with Crippen LogP contribution in [0.1, 0.15) is 24.6 Å². The molecule has 2 aliphatic heterocycles. The first-order chi connectivity index (χ1) is 16.2. The fraction of sp³-hybridized carbons (Fsp3) is 0.375. The number of aliphatic hydroxyl groups is 1. The van der Waals surface area contributed by atoms with Gasteiger partial charge in [-0.05, 0) is 49.1 Å². The number of rotatable bonds is 3. The first-order valence-corrected chi connectivity index (χ1v) is 11.4. The molecule has 1 aromatic carbocycles. The highest BCUT2D eigenvalue weighted by atomic mass is 16.6. The number of nitrogens with one attached hydrogen (secondary N) is 1. The second-order valence-corrected chi connectivity index (χ2v) is 9.13. The summed E-state index contributed by atoms with van der Waals surface area (Å²) in [5.41, 5.74) is 8.81. The zero-order valence-corrected chi connectivity index (χ0v) is 17.9. The topological polar surface area (TPSA) is 120 Å². The maximum absolute atomic E-state index is 11.1. The van der Waals surface area contributed by atoms with Gasteiger partial charge >= 0.3 is 0 Å². The van der Waals surface area contributed by atoms with Gasteiger partial charge in [0.25, 0.3) is 0 Å². The molecular formula is C24H24N6O3. The van der Waals surface area contributed by atoms with E-state index in [0.717, 1.165) is 53.7 Å². The highest BCUT2D eigenvalue weighted by molar-refractivity contribution is 5.86. The maximum atomic E-state index is 11.1. The van der Waals surface area contributed by atoms with Crippen molar-refractivity contribution < 1.29 is 14.6 Å². The van der Waals surface area contributed by atoms with Crippen LogP contribution in [0.25, 0.3) is 21.9 Å². The SMILES string of the molecule is Nc1ncnc2c1ccn2[C@@H]1O[C@H]2C(CC[C@@H]2Oc2ccc3cc4c(nc3c2)NCC4)[C@H]1O. The summed E-state index contributed by atoms with van der Waals surface area (Å²) in [4.78, 5) is 13.2. The average molecular weight is 444 g/mol. The molecule has 9 nitrogen and oxygen atoms in total. The summed E-state index contributed by atoms with van der Waals surface area (Å²) in [6, 6.07) is 10.1. The second kappa shape index (κ2) is 7.03. The molecule has 1 saturated carbocycles. The molecule has 3 aliphatic rings. The lowest BCUT2D eigenvalue weighted by Crippen LogP contribution is -2.30. The number of nitrogen functional groups attached to an aromatic ring is 1. The number of nitrogens with two attached hydrogens (primary N) is 1. The van der Waals surface area contributed by atoms with Gasteiger partial charge < -0.3 is 30.2 Å². The van der Waals surface area contributed by atoms with Crippen LogP contribution in [-0.2, 0) is 11.2 Å². The van der Waals surface area contributed by atoms with Crippen LogP contribution in [0.5, 0.6) is 5.75 Å². The first kappa shape index (κ1) is 19.1. The summed E-state index contributed by atoms with van der Waals surface area (Å²) in [6.07, 6.45) is 4.44. The Morgan fingerprint density at radius 3 is 3.06 bits per heavy atom. The molecule has 5 atom stereocenters. The van der Waals surface area contributed by atoms with Crippen molar-refractivity contribution in [3.8, 4) is 5.75 Å². The highest BCUT2D eigenvalue weighted by Gasteiger charge is 2.52. The quantitative estimate of drug-likeness (QED) is 0.441. The first-order valence-electron chi connectivity index (χ1n) is 11.4. The molecular weight excluding hydrogens is 420 g/mol. The van der Waals surface area contributed by atoms with Crippen LogP contribution in [0.4, 0.5) is 11.6 Å². The van der Waals surface area contributed by atoms with Crippen molar-refractivity contribution in [2.45, 2.75) is 43.8 Å². The standard InChI is InChI=1S/C24H24N6O3/c25-21-16-6-8-30(23(16)28-11-27-21)24-19(31)15-3-4-18(20(15)33-24)32-14-2-1-12-9-13-5-7-26-22(13)29-17(12)10-14/h1-2,6,8-11,15,18-20,24,31H,3-5,7H2,(H,26,29)(H2,25,27,28)/t15?,18-,19+,20-,24+/m0/s1. The lowest BCUT2D eigenvalue weighted by atomic mass is 10.0. The third kappa shape index (κ3) is 2.89. The van der Waals surface area contributed by atoms with E-state index in [1.807, 2.05) is 29.0 Å². The molecule has 0 spiro atoms. The van der Waals surface area contributed by atoms with E-state index in [1.165, 1.54) is 11.9 Å². The lowest BCUT2D eigenvalue weighted by molar-refractivity contribution is -0.0653. The van der Waals surface area contributed by atoms with Crippen LogP contribution in [0.15, 0.2) is 42.9 Å². The molecule has 33 heavy (non-hydrogen) atoms. The van der Waals surface area contributed by atoms with Crippen molar-refractivity contribution in [3.05, 3.63) is 48.4 Å². The van der Waals surface area contributed by atoms with Gasteiger partial charge in [-0.25, -0.2) is 15.0 Å². The van der Waals surface area contributed by atoms with Gasteiger partial charge in [-0.1, -0.05) is 0 Å². The Hall–Kier alpha value is -3.43. The minimum atomic E-state index is -0.651. The molecule has 4 aromatic rings. The van der Waals surface area contributed by atoms with Gasteiger partial charge in [0.05, 0.1) is 10.9 Å². The summed E-state index contributed by atoms with van der Waals surface area (Å²) < 4.78 is 14.6. The van der Waals surface area contributed by atoms with Crippen LogP contribution in [0, 0.1) is 5.92 Å². The molecule has 7 rings (SSSR count). The molecule has 1 aliphatic carbocycles. The van der Waals surface area contributed by atoms with Gasteiger partial charge in [0.2, 0.25) is 0 Å². The van der Waals surface area contributed by atoms with E-state index in [1.54, 1.807) is 0 Å². The van der Waals surface area contributed by atoms with Crippen LogP contribution in [0.2, 0.25) is 0 Å². The normalized spacial score (nSPS) is 28.2. The van der Waals surface area contributed by atoms with E-state index in [2.05, 4.69) is 27.4 Å². The van der Waals surface area contributed by atoms with Gasteiger partial charge in [-0.3, -0.25) is 0 Å². The summed E-state index contributed by atoms with van der Waals surface area (Å²) >= 11 is 0. The third-order valence-corrected chi connectivity index (χ3v) is 7.26. The van der Waals surface area contributed by atoms with E-state index < -0.39 is 12.3 Å². The molecule has 5 heterocycles. The maximum Gasteiger partial charge on any atom is 0.162 e. The van der Waals surface area contributed by atoms with Gasteiger partial charge in [-0.2, -0.15) is 0 Å². The number of benzene rings is 1. The van der Waals surface area contributed by atoms with Crippen LogP contribution < -0.4 is 15.8 Å². The van der Waals surface area contributed by atoms with E-state index in [0.29, 0.717) is 11.5 Å². The average Bonchev–Trinajstić information content (AvgIpc) is 3.58. The summed E-state index contributed by atoms with van der Waals surface area (Å²) in [6.45, 7) is 0.934. The summed E-state index contributed by atoms with van der Waals surface area (Å²) in [5, 5.41) is 16.3. The minimum absolute atomic E-state index is 0.00249. The monoisotopic (exact) mass is 444 g/mol. The van der Waals surface area contributed by atoms with Crippen LogP contribution in [-0.4, -0.2) is 49.5 Å². The van der Waals surface area contributed by atoms with E-state index >= 15 is 0 Å². The third-order valence-electron chi connectivity index (χ3n) is 7.26. The number of aromatic nitrogens is 4. The number of anilines is 2. The van der Waals surface area contributed by atoms with E-state index in [9.17, 15) is 5.11 Å². The number of fused-ring (bicyclic) bond motifs is 4. The number of pyridine rings is 1. The number of hydrogen-bond donors (Lipinski definition) is 3. The van der Waals surface area contributed by atoms with Crippen molar-refractivity contribution in [1.29, 1.82) is 0 Å². The molecule has 4 N–H and O–H groups in total. The Morgan fingerprint density at radius 2 is 2.12 bits per heavy atom. The van der Waals surface area contributed by atoms with Gasteiger partial charge in [0.15, 0.2) is 6.23 Å².